The minimum atomic E-state index is -0.258. The van der Waals surface area contributed by atoms with Crippen LogP contribution in [0.3, 0.4) is 0 Å². The van der Waals surface area contributed by atoms with Crippen LogP contribution in [0.25, 0.3) is 86.6 Å². The number of fused-ring (bicyclic) bond motifs is 22. The first-order valence-corrected chi connectivity index (χ1v) is 25.5. The summed E-state index contributed by atoms with van der Waals surface area (Å²) < 4.78 is 9.24. The van der Waals surface area contributed by atoms with Gasteiger partial charge in [0.2, 0.25) is 0 Å². The molecule has 0 saturated carbocycles. The molecule has 4 aliphatic rings. The zero-order valence-corrected chi connectivity index (χ0v) is 41.2. The lowest BCUT2D eigenvalue weighted by molar-refractivity contribution is 0.602. The summed E-state index contributed by atoms with van der Waals surface area (Å²) in [5.41, 5.74) is 26.9. The number of nitrogens with zero attached hydrogens (tertiary/aromatic N) is 1. The maximum absolute atomic E-state index is 6.47. The predicted molar refractivity (Wildman–Crippen MR) is 292 cm³/mol. The van der Waals surface area contributed by atoms with Crippen LogP contribution >= 0.6 is 11.3 Å². The maximum atomic E-state index is 6.47. The number of furan rings is 1. The standard InChI is InChI=1S/C66H51NOS/c1-63(2)47-30-31-53-56(42-21-13-16-24-52(42)68-53)55(47)45-35-50-44(34-51(45)63)39-28-26-37(32-48(39)64(50,3)4)67(36-18-10-9-11-19-36)38-27-29-41-49(33-38)66(7,8)60-57(41)58-43-22-14-17-25-54(43)69-62(58)59-40-20-12-15-23-46(40)65(5,6)61(59)60/h9-35H,1-8H3. The second-order valence-electron chi connectivity index (χ2n) is 22.4. The fourth-order valence-corrected chi connectivity index (χ4v) is 15.3. The highest BCUT2D eigenvalue weighted by atomic mass is 32.1. The van der Waals surface area contributed by atoms with E-state index in [4.69, 9.17) is 4.42 Å². The molecule has 0 atom stereocenters. The minimum Gasteiger partial charge on any atom is -0.456 e. The van der Waals surface area contributed by atoms with Gasteiger partial charge >= 0.3 is 0 Å². The second-order valence-corrected chi connectivity index (χ2v) is 23.4. The summed E-state index contributed by atoms with van der Waals surface area (Å²) in [5, 5.41) is 5.19. The molecule has 0 N–H and O–H groups in total. The van der Waals surface area contributed by atoms with Crippen molar-refractivity contribution in [1.29, 1.82) is 0 Å². The molecule has 0 radical (unpaired) electrons. The number of hydrogen-bond acceptors (Lipinski definition) is 3. The molecule has 0 fully saturated rings. The Labute approximate surface area is 407 Å². The van der Waals surface area contributed by atoms with Gasteiger partial charge in [0, 0.05) is 75.2 Å². The Balaban J connectivity index is 0.907. The quantitative estimate of drug-likeness (QED) is 0.176. The van der Waals surface area contributed by atoms with E-state index in [0.29, 0.717) is 0 Å². The van der Waals surface area contributed by atoms with Gasteiger partial charge in [-0.1, -0.05) is 152 Å². The molecule has 0 amide bonds. The van der Waals surface area contributed by atoms with Crippen molar-refractivity contribution in [2.45, 2.75) is 77.0 Å². The van der Waals surface area contributed by atoms with Crippen molar-refractivity contribution in [2.24, 2.45) is 0 Å². The van der Waals surface area contributed by atoms with Gasteiger partial charge in [0.25, 0.3) is 0 Å². The van der Waals surface area contributed by atoms with E-state index in [1.54, 1.807) is 0 Å². The number of rotatable bonds is 3. The lowest BCUT2D eigenvalue weighted by Crippen LogP contribution is -2.24. The highest BCUT2D eigenvalue weighted by Gasteiger charge is 2.49. The second kappa shape index (κ2) is 12.9. The van der Waals surface area contributed by atoms with Gasteiger partial charge in [-0.05, 0) is 150 Å². The largest absolute Gasteiger partial charge is 0.456 e. The Hall–Kier alpha value is -7.20. The molecule has 2 heterocycles. The molecule has 332 valence electrons. The van der Waals surface area contributed by atoms with E-state index in [0.717, 1.165) is 16.9 Å². The summed E-state index contributed by atoms with van der Waals surface area (Å²) in [7, 11) is 0. The van der Waals surface area contributed by atoms with Crippen LogP contribution in [0.1, 0.15) is 99.9 Å². The smallest absolute Gasteiger partial charge is 0.136 e. The van der Waals surface area contributed by atoms with Crippen molar-refractivity contribution in [3.63, 3.8) is 0 Å². The molecular formula is C66H51NOS. The number of thiophene rings is 1. The number of anilines is 3. The van der Waals surface area contributed by atoms with Gasteiger partial charge in [-0.25, -0.2) is 0 Å². The minimum absolute atomic E-state index is 0.146. The normalized spacial score (nSPS) is 16.6. The number of para-hydroxylation sites is 2. The van der Waals surface area contributed by atoms with Crippen molar-refractivity contribution in [2.75, 3.05) is 4.90 Å². The fraction of sp³-hybridized carbons (Fsp3) is 0.182. The third-order valence-electron chi connectivity index (χ3n) is 17.4. The van der Waals surface area contributed by atoms with Crippen molar-refractivity contribution < 1.29 is 4.42 Å². The van der Waals surface area contributed by atoms with Crippen molar-refractivity contribution in [3.05, 3.63) is 208 Å². The van der Waals surface area contributed by atoms with Crippen LogP contribution < -0.4 is 4.90 Å². The molecule has 2 nitrogen and oxygen atoms in total. The van der Waals surface area contributed by atoms with E-state index >= 15 is 0 Å². The Kier molecular flexibility index (Phi) is 7.44. The van der Waals surface area contributed by atoms with Gasteiger partial charge in [0.15, 0.2) is 0 Å². The van der Waals surface area contributed by atoms with Crippen LogP contribution in [0.4, 0.5) is 17.1 Å². The van der Waals surface area contributed by atoms with E-state index in [2.05, 4.69) is 224 Å². The van der Waals surface area contributed by atoms with Crippen LogP contribution in [-0.2, 0) is 21.7 Å². The molecule has 9 aromatic carbocycles. The summed E-state index contributed by atoms with van der Waals surface area (Å²) in [6.07, 6.45) is 0. The van der Waals surface area contributed by atoms with E-state index in [9.17, 15) is 0 Å². The van der Waals surface area contributed by atoms with Gasteiger partial charge in [-0.15, -0.1) is 11.3 Å². The zero-order valence-electron chi connectivity index (χ0n) is 40.4. The average Bonchev–Trinajstić information content (AvgIpc) is 4.14. The summed E-state index contributed by atoms with van der Waals surface area (Å²) in [6.45, 7) is 19.5. The molecule has 0 aliphatic heterocycles. The maximum Gasteiger partial charge on any atom is 0.136 e. The van der Waals surface area contributed by atoms with Crippen molar-refractivity contribution >= 4 is 70.5 Å². The van der Waals surface area contributed by atoms with Gasteiger partial charge in [-0.3, -0.25) is 0 Å². The molecule has 0 unspecified atom stereocenters. The van der Waals surface area contributed by atoms with Crippen molar-refractivity contribution in [3.8, 4) is 44.5 Å². The monoisotopic (exact) mass is 905 g/mol. The molecule has 15 rings (SSSR count). The van der Waals surface area contributed by atoms with E-state index < -0.39 is 0 Å². The first-order chi connectivity index (χ1) is 33.3. The Morgan fingerprint density at radius 1 is 0.362 bits per heavy atom. The molecule has 0 spiro atoms. The molecule has 3 heteroatoms. The Bertz CT molecular complexity index is 4130. The van der Waals surface area contributed by atoms with E-state index in [-0.39, 0.29) is 21.7 Å². The first kappa shape index (κ1) is 39.8. The van der Waals surface area contributed by atoms with Crippen LogP contribution in [0.5, 0.6) is 0 Å². The lowest BCUT2D eigenvalue weighted by Gasteiger charge is -2.32. The number of benzene rings is 9. The molecule has 69 heavy (non-hydrogen) atoms. The Morgan fingerprint density at radius 2 is 0.942 bits per heavy atom. The van der Waals surface area contributed by atoms with Crippen LogP contribution in [-0.4, -0.2) is 0 Å². The summed E-state index contributed by atoms with van der Waals surface area (Å²) in [5.74, 6) is 0. The molecule has 0 saturated heterocycles. The molecule has 0 bridgehead atoms. The van der Waals surface area contributed by atoms with E-state index in [1.807, 2.05) is 11.3 Å². The predicted octanol–water partition coefficient (Wildman–Crippen LogP) is 18.6. The van der Waals surface area contributed by atoms with Gasteiger partial charge in [0.05, 0.1) is 0 Å². The van der Waals surface area contributed by atoms with Crippen LogP contribution in [0, 0.1) is 0 Å². The van der Waals surface area contributed by atoms with Crippen LogP contribution in [0.2, 0.25) is 0 Å². The van der Waals surface area contributed by atoms with Crippen LogP contribution in [0.15, 0.2) is 168 Å². The molecule has 2 aromatic heterocycles. The summed E-state index contributed by atoms with van der Waals surface area (Å²) >= 11 is 1.97. The summed E-state index contributed by atoms with van der Waals surface area (Å²) in [6, 6.07) is 62.0. The first-order valence-electron chi connectivity index (χ1n) is 24.7. The molecule has 11 aromatic rings. The van der Waals surface area contributed by atoms with Crippen molar-refractivity contribution in [1.82, 2.24) is 0 Å². The third-order valence-corrected chi connectivity index (χ3v) is 18.6. The lowest BCUT2D eigenvalue weighted by atomic mass is 9.72. The van der Waals surface area contributed by atoms with Gasteiger partial charge in [0.1, 0.15) is 11.2 Å². The highest BCUT2D eigenvalue weighted by molar-refractivity contribution is 7.26. The van der Waals surface area contributed by atoms with Gasteiger partial charge in [-0.2, -0.15) is 0 Å². The highest BCUT2D eigenvalue weighted by Crippen LogP contribution is 2.65. The van der Waals surface area contributed by atoms with E-state index in [1.165, 1.54) is 131 Å². The number of hydrogen-bond donors (Lipinski definition) is 0. The SMILES string of the molecule is CC1(C)c2cc(N(c3ccccc3)c3ccc4c(c3)C(C)(C)c3c5c(c6sc7ccccc7c6c3-4)-c3ccccc3C5(C)C)ccc2-c2cc3c(cc21)-c1c(ccc2oc4ccccc4c12)C3(C)C. The Morgan fingerprint density at radius 3 is 1.74 bits per heavy atom. The average molecular weight is 906 g/mol. The van der Waals surface area contributed by atoms with Gasteiger partial charge < -0.3 is 9.32 Å². The molecular weight excluding hydrogens is 855 g/mol. The third kappa shape index (κ3) is 4.82. The summed E-state index contributed by atoms with van der Waals surface area (Å²) in [4.78, 5) is 2.50. The fourth-order valence-electron chi connectivity index (χ4n) is 14.1. The topological polar surface area (TPSA) is 16.4 Å². The molecule has 4 aliphatic carbocycles. The zero-order chi connectivity index (χ0) is 46.7.